The number of benzene rings is 1. The molecule has 0 heterocycles. The van der Waals surface area contributed by atoms with Crippen molar-refractivity contribution in [2.24, 2.45) is 10.7 Å². The summed E-state index contributed by atoms with van der Waals surface area (Å²) < 4.78 is 0. The number of carbonyl (C=O) groups excluding carboxylic acids is 1. The Morgan fingerprint density at radius 1 is 1.43 bits per heavy atom. The summed E-state index contributed by atoms with van der Waals surface area (Å²) in [5.74, 6) is 0.515. The van der Waals surface area contributed by atoms with Crippen molar-refractivity contribution in [3.63, 3.8) is 0 Å². The van der Waals surface area contributed by atoms with E-state index in [1.54, 1.807) is 0 Å². The van der Waals surface area contributed by atoms with Crippen LogP contribution in [0, 0.1) is 0 Å². The fourth-order valence-corrected chi connectivity index (χ4v) is 2.02. The number of nitrogens with one attached hydrogen (secondary N) is 2. The van der Waals surface area contributed by atoms with Gasteiger partial charge in [-0.3, -0.25) is 9.79 Å². The molecule has 1 aliphatic rings. The first-order valence-corrected chi connectivity index (χ1v) is 7.62. The van der Waals surface area contributed by atoms with Crippen molar-refractivity contribution in [1.82, 2.24) is 5.32 Å². The van der Waals surface area contributed by atoms with Crippen molar-refractivity contribution in [2.75, 3.05) is 11.9 Å². The maximum Gasteiger partial charge on any atom is 0.220 e. The van der Waals surface area contributed by atoms with Gasteiger partial charge in [0.05, 0.1) is 0 Å². The number of guanidine groups is 1. The smallest absolute Gasteiger partial charge is 0.220 e. The molecule has 2 rings (SSSR count). The van der Waals surface area contributed by atoms with E-state index in [9.17, 15) is 4.79 Å². The molecule has 5 heteroatoms. The van der Waals surface area contributed by atoms with Gasteiger partial charge in [-0.1, -0.05) is 19.1 Å². The van der Waals surface area contributed by atoms with E-state index in [4.69, 9.17) is 5.73 Å². The molecule has 0 spiro atoms. The molecule has 0 unspecified atom stereocenters. The van der Waals surface area contributed by atoms with Crippen LogP contribution >= 0.6 is 0 Å². The van der Waals surface area contributed by atoms with Crippen molar-refractivity contribution < 1.29 is 4.79 Å². The van der Waals surface area contributed by atoms with Gasteiger partial charge in [-0.15, -0.1) is 0 Å². The minimum Gasteiger partial charge on any atom is -0.370 e. The van der Waals surface area contributed by atoms with Crippen LogP contribution in [-0.4, -0.2) is 24.5 Å². The van der Waals surface area contributed by atoms with E-state index in [0.29, 0.717) is 25.0 Å². The maximum atomic E-state index is 11.5. The molecular weight excluding hydrogens is 264 g/mol. The summed E-state index contributed by atoms with van der Waals surface area (Å²) in [4.78, 5) is 15.7. The lowest BCUT2D eigenvalue weighted by molar-refractivity contribution is -0.121. The highest BCUT2D eigenvalue weighted by atomic mass is 16.1. The lowest BCUT2D eigenvalue weighted by Gasteiger charge is -2.07. The fraction of sp³-hybridized carbons (Fsp3) is 0.500. The van der Waals surface area contributed by atoms with Crippen molar-refractivity contribution >= 4 is 17.6 Å². The Kier molecular flexibility index (Phi) is 5.60. The summed E-state index contributed by atoms with van der Waals surface area (Å²) in [6, 6.07) is 8.53. The van der Waals surface area contributed by atoms with Crippen molar-refractivity contribution in [3.8, 4) is 0 Å². The highest BCUT2D eigenvalue weighted by molar-refractivity contribution is 5.92. The summed E-state index contributed by atoms with van der Waals surface area (Å²) in [6.45, 7) is 2.67. The van der Waals surface area contributed by atoms with Crippen molar-refractivity contribution in [3.05, 3.63) is 29.8 Å². The highest BCUT2D eigenvalue weighted by Crippen LogP contribution is 2.18. The first-order chi connectivity index (χ1) is 10.2. The number of anilines is 1. The molecule has 0 radical (unpaired) electrons. The molecule has 1 saturated carbocycles. The SMILES string of the molecule is CCc1cccc(NC(N)=NCCCC(=O)NC2CC2)c1. The Balaban J connectivity index is 1.69. The molecule has 4 N–H and O–H groups in total. The zero-order valence-corrected chi connectivity index (χ0v) is 12.6. The minimum atomic E-state index is 0.120. The minimum absolute atomic E-state index is 0.120. The van der Waals surface area contributed by atoms with Gasteiger partial charge < -0.3 is 16.4 Å². The fourth-order valence-electron chi connectivity index (χ4n) is 2.02. The summed E-state index contributed by atoms with van der Waals surface area (Å²) in [5, 5.41) is 6.03. The second kappa shape index (κ2) is 7.67. The molecule has 0 atom stereocenters. The lowest BCUT2D eigenvalue weighted by atomic mass is 10.1. The Bertz CT molecular complexity index is 509. The Labute approximate surface area is 126 Å². The number of aliphatic imine (C=N–C) groups is 1. The molecule has 114 valence electrons. The number of rotatable bonds is 7. The summed E-state index contributed by atoms with van der Waals surface area (Å²) in [6.07, 6.45) is 4.46. The lowest BCUT2D eigenvalue weighted by Crippen LogP contribution is -2.25. The molecule has 1 aromatic rings. The molecule has 1 amide bonds. The quantitative estimate of drug-likeness (QED) is 0.408. The van der Waals surface area contributed by atoms with Crippen LogP contribution in [0.2, 0.25) is 0 Å². The molecule has 0 saturated heterocycles. The number of carbonyl (C=O) groups is 1. The van der Waals surface area contributed by atoms with E-state index in [1.165, 1.54) is 5.56 Å². The standard InChI is InChI=1S/C16H24N4O/c1-2-12-5-3-6-14(11-12)20-16(17)18-10-4-7-15(21)19-13-8-9-13/h3,5-6,11,13H,2,4,7-10H2,1H3,(H,19,21)(H3,17,18,20). The van der Waals surface area contributed by atoms with Crippen LogP contribution in [0.4, 0.5) is 5.69 Å². The molecule has 1 fully saturated rings. The normalized spacial score (nSPS) is 14.8. The van der Waals surface area contributed by atoms with Crippen LogP contribution in [0.15, 0.2) is 29.3 Å². The molecule has 0 aliphatic heterocycles. The largest absolute Gasteiger partial charge is 0.370 e. The number of aryl methyl sites for hydroxylation is 1. The van der Waals surface area contributed by atoms with Gasteiger partial charge in [0.2, 0.25) is 5.91 Å². The Morgan fingerprint density at radius 2 is 2.24 bits per heavy atom. The molecule has 21 heavy (non-hydrogen) atoms. The summed E-state index contributed by atoms with van der Waals surface area (Å²) in [7, 11) is 0. The van der Waals surface area contributed by atoms with Crippen LogP contribution in [-0.2, 0) is 11.2 Å². The predicted molar refractivity (Wildman–Crippen MR) is 86.3 cm³/mol. The molecule has 0 bridgehead atoms. The number of nitrogens with zero attached hydrogens (tertiary/aromatic N) is 1. The van der Waals surface area contributed by atoms with Gasteiger partial charge in [0, 0.05) is 24.7 Å². The molecule has 1 aliphatic carbocycles. The van der Waals surface area contributed by atoms with Crippen molar-refractivity contribution in [2.45, 2.75) is 45.1 Å². The van der Waals surface area contributed by atoms with Crippen LogP contribution in [0.5, 0.6) is 0 Å². The van der Waals surface area contributed by atoms with Gasteiger partial charge in [-0.2, -0.15) is 0 Å². The maximum absolute atomic E-state index is 11.5. The third kappa shape index (κ3) is 5.85. The Morgan fingerprint density at radius 3 is 2.95 bits per heavy atom. The zero-order valence-electron chi connectivity index (χ0n) is 12.6. The topological polar surface area (TPSA) is 79.5 Å². The molecule has 0 aromatic heterocycles. The number of hydrogen-bond donors (Lipinski definition) is 3. The van der Waals surface area contributed by atoms with Gasteiger partial charge >= 0.3 is 0 Å². The number of hydrogen-bond acceptors (Lipinski definition) is 2. The van der Waals surface area contributed by atoms with Gasteiger partial charge in [-0.25, -0.2) is 0 Å². The average Bonchev–Trinajstić information content (AvgIpc) is 3.27. The molecule has 5 nitrogen and oxygen atoms in total. The van der Waals surface area contributed by atoms with Gasteiger partial charge in [-0.05, 0) is 43.4 Å². The van der Waals surface area contributed by atoms with Gasteiger partial charge in [0.1, 0.15) is 0 Å². The number of nitrogens with two attached hydrogens (primary N) is 1. The van der Waals surface area contributed by atoms with E-state index in [-0.39, 0.29) is 5.91 Å². The van der Waals surface area contributed by atoms with Crippen LogP contribution < -0.4 is 16.4 Å². The highest BCUT2D eigenvalue weighted by Gasteiger charge is 2.22. The average molecular weight is 288 g/mol. The Hall–Kier alpha value is -2.04. The van der Waals surface area contributed by atoms with Crippen LogP contribution in [0.25, 0.3) is 0 Å². The van der Waals surface area contributed by atoms with E-state index >= 15 is 0 Å². The van der Waals surface area contributed by atoms with Gasteiger partial charge in [0.15, 0.2) is 5.96 Å². The van der Waals surface area contributed by atoms with Crippen molar-refractivity contribution in [1.29, 1.82) is 0 Å². The molecule has 1 aromatic carbocycles. The van der Waals surface area contributed by atoms with Crippen LogP contribution in [0.1, 0.15) is 38.2 Å². The van der Waals surface area contributed by atoms with Gasteiger partial charge in [0.25, 0.3) is 0 Å². The second-order valence-electron chi connectivity index (χ2n) is 5.39. The second-order valence-corrected chi connectivity index (χ2v) is 5.39. The van der Waals surface area contributed by atoms with E-state index in [0.717, 1.165) is 31.4 Å². The van der Waals surface area contributed by atoms with Crippen LogP contribution in [0.3, 0.4) is 0 Å². The first-order valence-electron chi connectivity index (χ1n) is 7.62. The predicted octanol–water partition coefficient (Wildman–Crippen LogP) is 2.03. The monoisotopic (exact) mass is 288 g/mol. The summed E-state index contributed by atoms with van der Waals surface area (Å²) >= 11 is 0. The first kappa shape index (κ1) is 15.4. The third-order valence-electron chi connectivity index (χ3n) is 3.39. The molecular formula is C16H24N4O. The summed E-state index contributed by atoms with van der Waals surface area (Å²) in [5.41, 5.74) is 8.04. The van der Waals surface area contributed by atoms with E-state index in [1.807, 2.05) is 12.1 Å². The van der Waals surface area contributed by atoms with E-state index < -0.39 is 0 Å². The zero-order chi connectivity index (χ0) is 15.1. The number of amides is 1. The third-order valence-corrected chi connectivity index (χ3v) is 3.39. The van der Waals surface area contributed by atoms with E-state index in [2.05, 4.69) is 34.7 Å².